The molecule has 0 N–H and O–H groups in total. The van der Waals surface area contributed by atoms with Gasteiger partial charge in [-0.2, -0.15) is 0 Å². The standard InChI is InChI=1S/C23H16N2O6/c1-29-17-8-10-18(11-9-17)30-21-12-7-15(14-20(21)25(27)28)13-19-23(26)31-22(24-19)16-5-3-2-4-6-16/h2-14H,1H3/b19-13+. The highest BCUT2D eigenvalue weighted by Gasteiger charge is 2.24. The van der Waals surface area contributed by atoms with Gasteiger partial charge >= 0.3 is 11.7 Å². The number of nitro benzene ring substituents is 1. The van der Waals surface area contributed by atoms with Gasteiger partial charge in [0.1, 0.15) is 11.5 Å². The summed E-state index contributed by atoms with van der Waals surface area (Å²) in [5, 5.41) is 11.6. The van der Waals surface area contributed by atoms with Crippen molar-refractivity contribution < 1.29 is 23.9 Å². The molecule has 31 heavy (non-hydrogen) atoms. The second-order valence-electron chi connectivity index (χ2n) is 6.46. The molecule has 1 aliphatic heterocycles. The molecular formula is C23H16N2O6. The fraction of sp³-hybridized carbons (Fsp3) is 0.0435. The molecule has 0 aliphatic carbocycles. The van der Waals surface area contributed by atoms with Gasteiger partial charge in [0.25, 0.3) is 0 Å². The number of nitrogens with zero attached hydrogens (tertiary/aromatic N) is 2. The number of cyclic esters (lactones) is 1. The van der Waals surface area contributed by atoms with Gasteiger partial charge in [0.15, 0.2) is 5.70 Å². The molecule has 1 heterocycles. The molecule has 0 fully saturated rings. The lowest BCUT2D eigenvalue weighted by atomic mass is 10.1. The van der Waals surface area contributed by atoms with E-state index in [1.54, 1.807) is 61.7 Å². The molecule has 0 atom stereocenters. The molecule has 0 saturated heterocycles. The Labute approximate surface area is 177 Å². The van der Waals surface area contributed by atoms with E-state index in [-0.39, 0.29) is 23.0 Å². The van der Waals surface area contributed by atoms with Crippen LogP contribution in [-0.2, 0) is 9.53 Å². The maximum Gasteiger partial charge on any atom is 0.363 e. The third-order valence-corrected chi connectivity index (χ3v) is 4.41. The number of carbonyl (C=O) groups is 1. The van der Waals surface area contributed by atoms with E-state index in [1.807, 2.05) is 6.07 Å². The van der Waals surface area contributed by atoms with Crippen LogP contribution < -0.4 is 9.47 Å². The average Bonchev–Trinajstić information content (AvgIpc) is 3.16. The Morgan fingerprint density at radius 1 is 1.00 bits per heavy atom. The number of benzene rings is 3. The van der Waals surface area contributed by atoms with E-state index in [0.717, 1.165) is 0 Å². The highest BCUT2D eigenvalue weighted by molar-refractivity contribution is 6.12. The van der Waals surface area contributed by atoms with Gasteiger partial charge in [-0.25, -0.2) is 9.79 Å². The van der Waals surface area contributed by atoms with Crippen molar-refractivity contribution in [3.63, 3.8) is 0 Å². The molecule has 0 aromatic heterocycles. The predicted octanol–water partition coefficient (Wildman–Crippen LogP) is 4.74. The van der Waals surface area contributed by atoms with E-state index in [0.29, 0.717) is 22.6 Å². The zero-order valence-electron chi connectivity index (χ0n) is 16.3. The SMILES string of the molecule is COc1ccc(Oc2ccc(/C=C3/N=C(c4ccccc4)OC3=O)cc2[N+](=O)[O-])cc1. The second-order valence-corrected chi connectivity index (χ2v) is 6.46. The van der Waals surface area contributed by atoms with Crippen LogP contribution in [0.4, 0.5) is 5.69 Å². The van der Waals surface area contributed by atoms with Crippen molar-refractivity contribution in [2.45, 2.75) is 0 Å². The Bertz CT molecular complexity index is 1200. The monoisotopic (exact) mass is 416 g/mol. The molecule has 0 bridgehead atoms. The Morgan fingerprint density at radius 3 is 2.39 bits per heavy atom. The highest BCUT2D eigenvalue weighted by Crippen LogP contribution is 2.33. The number of methoxy groups -OCH3 is 1. The van der Waals surface area contributed by atoms with E-state index in [4.69, 9.17) is 14.2 Å². The lowest BCUT2D eigenvalue weighted by Crippen LogP contribution is -2.04. The summed E-state index contributed by atoms with van der Waals surface area (Å²) < 4.78 is 15.9. The first kappa shape index (κ1) is 19.8. The first-order valence-corrected chi connectivity index (χ1v) is 9.22. The summed E-state index contributed by atoms with van der Waals surface area (Å²) in [4.78, 5) is 27.4. The molecule has 4 rings (SSSR count). The number of ether oxygens (including phenoxy) is 3. The molecule has 3 aromatic carbocycles. The topological polar surface area (TPSA) is 100 Å². The lowest BCUT2D eigenvalue weighted by Gasteiger charge is -2.08. The summed E-state index contributed by atoms with van der Waals surface area (Å²) in [7, 11) is 1.54. The predicted molar refractivity (Wildman–Crippen MR) is 113 cm³/mol. The molecule has 0 unspecified atom stereocenters. The van der Waals surface area contributed by atoms with E-state index >= 15 is 0 Å². The van der Waals surface area contributed by atoms with Crippen molar-refractivity contribution in [3.05, 3.63) is 99.7 Å². The van der Waals surface area contributed by atoms with Gasteiger partial charge in [0.2, 0.25) is 11.6 Å². The largest absolute Gasteiger partial charge is 0.497 e. The lowest BCUT2D eigenvalue weighted by molar-refractivity contribution is -0.385. The molecule has 154 valence electrons. The van der Waals surface area contributed by atoms with Crippen LogP contribution in [0.5, 0.6) is 17.2 Å². The normalized spacial score (nSPS) is 14.2. The zero-order chi connectivity index (χ0) is 21.8. The van der Waals surface area contributed by atoms with Crippen molar-refractivity contribution in [1.29, 1.82) is 0 Å². The van der Waals surface area contributed by atoms with Crippen molar-refractivity contribution in [3.8, 4) is 17.2 Å². The molecule has 0 radical (unpaired) electrons. The minimum absolute atomic E-state index is 0.0528. The fourth-order valence-electron chi connectivity index (χ4n) is 2.90. The molecule has 8 heteroatoms. The smallest absolute Gasteiger partial charge is 0.363 e. The quantitative estimate of drug-likeness (QED) is 0.249. The highest BCUT2D eigenvalue weighted by atomic mass is 16.6. The number of nitro groups is 1. The minimum atomic E-state index is -0.625. The number of hydrogen-bond acceptors (Lipinski definition) is 7. The number of hydrogen-bond donors (Lipinski definition) is 0. The summed E-state index contributed by atoms with van der Waals surface area (Å²) in [6, 6.07) is 20.0. The van der Waals surface area contributed by atoms with Gasteiger partial charge in [-0.05, 0) is 54.1 Å². The average molecular weight is 416 g/mol. The van der Waals surface area contributed by atoms with Crippen LogP contribution in [0.2, 0.25) is 0 Å². The summed E-state index contributed by atoms with van der Waals surface area (Å²) in [5.41, 5.74) is 0.882. The van der Waals surface area contributed by atoms with Crippen LogP contribution in [0, 0.1) is 10.1 Å². The fourth-order valence-corrected chi connectivity index (χ4v) is 2.90. The van der Waals surface area contributed by atoms with Crippen LogP contribution >= 0.6 is 0 Å². The Balaban J connectivity index is 1.62. The van der Waals surface area contributed by atoms with Crippen LogP contribution in [-0.4, -0.2) is 23.9 Å². The van der Waals surface area contributed by atoms with Crippen molar-refractivity contribution in [1.82, 2.24) is 0 Å². The maximum atomic E-state index is 12.2. The molecule has 0 saturated carbocycles. The summed E-state index contributed by atoms with van der Waals surface area (Å²) >= 11 is 0. The van der Waals surface area contributed by atoms with E-state index < -0.39 is 10.9 Å². The van der Waals surface area contributed by atoms with Crippen LogP contribution in [0.1, 0.15) is 11.1 Å². The summed E-state index contributed by atoms with van der Waals surface area (Å²) in [5.74, 6) is 0.694. The first-order chi connectivity index (χ1) is 15.0. The number of aliphatic imine (C=N–C) groups is 1. The van der Waals surface area contributed by atoms with E-state index in [2.05, 4.69) is 4.99 Å². The summed E-state index contributed by atoms with van der Waals surface area (Å²) in [6.45, 7) is 0. The van der Waals surface area contributed by atoms with Gasteiger partial charge in [-0.1, -0.05) is 24.3 Å². The van der Waals surface area contributed by atoms with E-state index in [9.17, 15) is 14.9 Å². The third kappa shape index (κ3) is 4.43. The van der Waals surface area contributed by atoms with Gasteiger partial charge < -0.3 is 14.2 Å². The minimum Gasteiger partial charge on any atom is -0.497 e. The molecule has 1 aliphatic rings. The zero-order valence-corrected chi connectivity index (χ0v) is 16.3. The van der Waals surface area contributed by atoms with Crippen molar-refractivity contribution in [2.24, 2.45) is 4.99 Å². The Hall–Kier alpha value is -4.46. The van der Waals surface area contributed by atoms with Crippen molar-refractivity contribution >= 4 is 23.6 Å². The Morgan fingerprint density at radius 2 is 1.71 bits per heavy atom. The van der Waals surface area contributed by atoms with E-state index in [1.165, 1.54) is 18.2 Å². The van der Waals surface area contributed by atoms with Gasteiger partial charge in [-0.15, -0.1) is 0 Å². The molecule has 3 aromatic rings. The van der Waals surface area contributed by atoms with Crippen LogP contribution in [0.15, 0.2) is 83.5 Å². The molecule has 0 spiro atoms. The van der Waals surface area contributed by atoms with Crippen LogP contribution in [0.3, 0.4) is 0 Å². The second kappa shape index (κ2) is 8.50. The van der Waals surface area contributed by atoms with Gasteiger partial charge in [-0.3, -0.25) is 10.1 Å². The molecule has 8 nitrogen and oxygen atoms in total. The third-order valence-electron chi connectivity index (χ3n) is 4.41. The van der Waals surface area contributed by atoms with Crippen LogP contribution in [0.25, 0.3) is 6.08 Å². The maximum absolute atomic E-state index is 12.2. The van der Waals surface area contributed by atoms with Crippen molar-refractivity contribution in [2.75, 3.05) is 7.11 Å². The first-order valence-electron chi connectivity index (χ1n) is 9.22. The Kier molecular flexibility index (Phi) is 5.44. The molecular weight excluding hydrogens is 400 g/mol. The number of rotatable bonds is 6. The van der Waals surface area contributed by atoms with Gasteiger partial charge in [0.05, 0.1) is 12.0 Å². The summed E-state index contributed by atoms with van der Waals surface area (Å²) in [6.07, 6.45) is 1.43. The van der Waals surface area contributed by atoms with Gasteiger partial charge in [0, 0.05) is 11.6 Å². The number of esters is 1. The number of carbonyl (C=O) groups excluding carboxylic acids is 1. The molecule has 0 amide bonds.